The Hall–Kier alpha value is -1.39. The van der Waals surface area contributed by atoms with Crippen LogP contribution in [-0.2, 0) is 13.0 Å². The first kappa shape index (κ1) is 15.0. The predicted molar refractivity (Wildman–Crippen MR) is 91.3 cm³/mol. The Kier molecular flexibility index (Phi) is 5.56. The monoisotopic (exact) mass is 304 g/mol. The molecule has 1 aromatic heterocycles. The Morgan fingerprint density at radius 3 is 2.65 bits per heavy atom. The fourth-order valence-electron chi connectivity index (χ4n) is 1.95. The maximum atomic E-state index is 5.43. The minimum absolute atomic E-state index is 0.814. The number of thiocarbonyl (C=S) groups is 1. The fraction of sp³-hybridized carbons (Fsp3) is 0.312. The van der Waals surface area contributed by atoms with E-state index < -0.39 is 0 Å². The molecule has 0 saturated carbocycles. The molecule has 2 aromatic rings. The lowest BCUT2D eigenvalue weighted by Crippen LogP contribution is -2.37. The summed E-state index contributed by atoms with van der Waals surface area (Å²) in [5.74, 6) is 0. The summed E-state index contributed by atoms with van der Waals surface area (Å²) in [6.45, 7) is 3.89. The second kappa shape index (κ2) is 7.41. The van der Waals surface area contributed by atoms with Gasteiger partial charge in [-0.1, -0.05) is 30.3 Å². The van der Waals surface area contributed by atoms with Crippen LogP contribution in [0.5, 0.6) is 0 Å². The molecule has 1 aromatic carbocycles. The van der Waals surface area contributed by atoms with Gasteiger partial charge < -0.3 is 10.2 Å². The van der Waals surface area contributed by atoms with Crippen molar-refractivity contribution < 1.29 is 0 Å². The van der Waals surface area contributed by atoms with Crippen molar-refractivity contribution in [2.24, 2.45) is 0 Å². The average molecular weight is 304 g/mol. The minimum atomic E-state index is 0.814. The predicted octanol–water partition coefficient (Wildman–Crippen LogP) is 3.61. The maximum absolute atomic E-state index is 5.43. The molecule has 1 N–H and O–H groups in total. The summed E-state index contributed by atoms with van der Waals surface area (Å²) < 4.78 is 0. The molecule has 0 spiro atoms. The SMILES string of the molecule is Cc1ccsc1CN(C)C(=S)NCCc1ccccc1. The van der Waals surface area contributed by atoms with E-state index >= 15 is 0 Å². The molecule has 0 bridgehead atoms. The number of thiophene rings is 1. The van der Waals surface area contributed by atoms with Gasteiger partial charge in [0.15, 0.2) is 5.11 Å². The molecule has 106 valence electrons. The summed E-state index contributed by atoms with van der Waals surface area (Å²) in [6, 6.07) is 12.6. The van der Waals surface area contributed by atoms with E-state index in [4.69, 9.17) is 12.2 Å². The molecule has 1 heterocycles. The van der Waals surface area contributed by atoms with Crippen LogP contribution in [-0.4, -0.2) is 23.6 Å². The van der Waals surface area contributed by atoms with Crippen LogP contribution in [0.2, 0.25) is 0 Å². The first-order chi connectivity index (χ1) is 9.66. The summed E-state index contributed by atoms with van der Waals surface area (Å²) >= 11 is 7.21. The molecule has 0 aliphatic carbocycles. The highest BCUT2D eigenvalue weighted by atomic mass is 32.1. The van der Waals surface area contributed by atoms with Gasteiger partial charge in [-0.25, -0.2) is 0 Å². The first-order valence-corrected chi connectivity index (χ1v) is 8.01. The van der Waals surface area contributed by atoms with Crippen LogP contribution in [0.15, 0.2) is 41.8 Å². The summed E-state index contributed by atoms with van der Waals surface area (Å²) in [5.41, 5.74) is 2.67. The molecule has 0 aliphatic heterocycles. The molecular formula is C16H20N2S2. The Morgan fingerprint density at radius 1 is 1.25 bits per heavy atom. The molecule has 0 unspecified atom stereocenters. The normalized spacial score (nSPS) is 10.3. The Bertz CT molecular complexity index is 549. The van der Waals surface area contributed by atoms with E-state index in [-0.39, 0.29) is 0 Å². The third kappa shape index (κ3) is 4.32. The highest BCUT2D eigenvalue weighted by molar-refractivity contribution is 7.80. The molecule has 0 amide bonds. The molecule has 4 heteroatoms. The van der Waals surface area contributed by atoms with Gasteiger partial charge in [-0.2, -0.15) is 0 Å². The van der Waals surface area contributed by atoms with Crippen LogP contribution in [0.25, 0.3) is 0 Å². The lowest BCUT2D eigenvalue weighted by Gasteiger charge is -2.20. The number of rotatable bonds is 5. The lowest BCUT2D eigenvalue weighted by molar-refractivity contribution is 0.493. The molecule has 0 radical (unpaired) electrons. The number of nitrogens with one attached hydrogen (secondary N) is 1. The molecule has 0 saturated heterocycles. The van der Waals surface area contributed by atoms with E-state index in [9.17, 15) is 0 Å². The standard InChI is InChI=1S/C16H20N2S2/c1-13-9-11-20-15(13)12-18(2)16(19)17-10-8-14-6-4-3-5-7-14/h3-7,9,11H,8,10,12H2,1-2H3,(H,17,19). The zero-order valence-corrected chi connectivity index (χ0v) is 13.6. The molecule has 0 atom stereocenters. The van der Waals surface area contributed by atoms with Gasteiger partial charge in [0.05, 0.1) is 6.54 Å². The van der Waals surface area contributed by atoms with E-state index in [0.29, 0.717) is 0 Å². The van der Waals surface area contributed by atoms with Gasteiger partial charge in [0.1, 0.15) is 0 Å². The van der Waals surface area contributed by atoms with Crippen molar-refractivity contribution in [2.45, 2.75) is 19.9 Å². The molecule has 2 rings (SSSR count). The van der Waals surface area contributed by atoms with Crippen molar-refractivity contribution in [3.63, 3.8) is 0 Å². The number of hydrogen-bond acceptors (Lipinski definition) is 2. The van der Waals surface area contributed by atoms with Crippen molar-refractivity contribution in [2.75, 3.05) is 13.6 Å². The van der Waals surface area contributed by atoms with Crippen LogP contribution in [0.4, 0.5) is 0 Å². The maximum Gasteiger partial charge on any atom is 0.169 e. The van der Waals surface area contributed by atoms with Gasteiger partial charge in [0.25, 0.3) is 0 Å². The zero-order chi connectivity index (χ0) is 14.4. The van der Waals surface area contributed by atoms with Gasteiger partial charge in [0, 0.05) is 18.5 Å². The fourth-order valence-corrected chi connectivity index (χ4v) is 3.07. The summed E-state index contributed by atoms with van der Waals surface area (Å²) in [6.07, 6.45) is 0.993. The number of hydrogen-bond donors (Lipinski definition) is 1. The zero-order valence-electron chi connectivity index (χ0n) is 11.9. The van der Waals surface area contributed by atoms with Crippen LogP contribution < -0.4 is 5.32 Å². The minimum Gasteiger partial charge on any atom is -0.362 e. The number of nitrogens with zero attached hydrogens (tertiary/aromatic N) is 1. The van der Waals surface area contributed by atoms with E-state index in [2.05, 4.69) is 52.9 Å². The summed E-state index contributed by atoms with van der Waals surface area (Å²) in [7, 11) is 2.04. The second-order valence-electron chi connectivity index (χ2n) is 4.85. The van der Waals surface area contributed by atoms with Crippen LogP contribution in [0.1, 0.15) is 16.0 Å². The van der Waals surface area contributed by atoms with Crippen molar-refractivity contribution in [3.8, 4) is 0 Å². The molecule has 20 heavy (non-hydrogen) atoms. The van der Waals surface area contributed by atoms with Gasteiger partial charge in [-0.3, -0.25) is 0 Å². The molecule has 0 fully saturated rings. The van der Waals surface area contributed by atoms with Gasteiger partial charge >= 0.3 is 0 Å². The van der Waals surface area contributed by atoms with E-state index in [0.717, 1.165) is 24.6 Å². The van der Waals surface area contributed by atoms with Crippen molar-refractivity contribution >= 4 is 28.7 Å². The van der Waals surface area contributed by atoms with Crippen LogP contribution in [0.3, 0.4) is 0 Å². The Morgan fingerprint density at radius 2 is 2.00 bits per heavy atom. The van der Waals surface area contributed by atoms with E-state index in [1.807, 2.05) is 13.1 Å². The lowest BCUT2D eigenvalue weighted by atomic mass is 10.1. The third-order valence-corrected chi connectivity index (χ3v) is 4.69. The van der Waals surface area contributed by atoms with Crippen LogP contribution >= 0.6 is 23.6 Å². The number of aryl methyl sites for hydroxylation is 1. The van der Waals surface area contributed by atoms with Gasteiger partial charge in [0.2, 0.25) is 0 Å². The van der Waals surface area contributed by atoms with Gasteiger partial charge in [-0.05, 0) is 48.1 Å². The van der Waals surface area contributed by atoms with E-state index in [1.165, 1.54) is 16.0 Å². The van der Waals surface area contributed by atoms with Crippen molar-refractivity contribution in [3.05, 3.63) is 57.8 Å². The smallest absolute Gasteiger partial charge is 0.169 e. The summed E-state index contributed by atoms with van der Waals surface area (Å²) in [5, 5.41) is 6.27. The van der Waals surface area contributed by atoms with Crippen LogP contribution in [0, 0.1) is 6.92 Å². The highest BCUT2D eigenvalue weighted by Gasteiger charge is 2.07. The molecule has 2 nitrogen and oxygen atoms in total. The number of benzene rings is 1. The quantitative estimate of drug-likeness (QED) is 0.850. The average Bonchev–Trinajstić information content (AvgIpc) is 2.85. The third-order valence-electron chi connectivity index (χ3n) is 3.23. The van der Waals surface area contributed by atoms with Crippen molar-refractivity contribution in [1.82, 2.24) is 10.2 Å². The Balaban J connectivity index is 1.76. The highest BCUT2D eigenvalue weighted by Crippen LogP contribution is 2.17. The largest absolute Gasteiger partial charge is 0.362 e. The topological polar surface area (TPSA) is 15.3 Å². The van der Waals surface area contributed by atoms with E-state index in [1.54, 1.807) is 11.3 Å². The first-order valence-electron chi connectivity index (χ1n) is 6.72. The second-order valence-corrected chi connectivity index (χ2v) is 6.24. The molecular weight excluding hydrogens is 284 g/mol. The van der Waals surface area contributed by atoms with Crippen molar-refractivity contribution in [1.29, 1.82) is 0 Å². The summed E-state index contributed by atoms with van der Waals surface area (Å²) in [4.78, 5) is 3.47. The Labute approximate surface area is 130 Å². The van der Waals surface area contributed by atoms with Gasteiger partial charge in [-0.15, -0.1) is 11.3 Å². The molecule has 0 aliphatic rings.